The van der Waals surface area contributed by atoms with E-state index in [0.717, 1.165) is 24.3 Å². The van der Waals surface area contributed by atoms with Gasteiger partial charge >= 0.3 is 0 Å². The zero-order valence-corrected chi connectivity index (χ0v) is 14.1. The van der Waals surface area contributed by atoms with Crippen molar-refractivity contribution >= 4 is 12.0 Å². The van der Waals surface area contributed by atoms with Crippen LogP contribution in [-0.2, 0) is 0 Å². The van der Waals surface area contributed by atoms with E-state index < -0.39 is 11.6 Å². The summed E-state index contributed by atoms with van der Waals surface area (Å²) < 4.78 is 15.4. The van der Waals surface area contributed by atoms with Gasteiger partial charge in [-0.25, -0.2) is 9.37 Å². The second-order valence-electron chi connectivity index (χ2n) is 6.39. The first-order valence-electron chi connectivity index (χ1n) is 8.53. The van der Waals surface area contributed by atoms with Gasteiger partial charge in [-0.05, 0) is 31.0 Å². The van der Waals surface area contributed by atoms with Crippen LogP contribution in [0, 0.1) is 5.82 Å². The Morgan fingerprint density at radius 2 is 1.81 bits per heavy atom. The molecule has 3 aromatic rings. The van der Waals surface area contributed by atoms with Crippen molar-refractivity contribution in [3.63, 3.8) is 0 Å². The maximum Gasteiger partial charge on any atom is 0.167 e. The molecule has 1 fully saturated rings. The predicted octanol–water partition coefficient (Wildman–Crippen LogP) is 3.80. The van der Waals surface area contributed by atoms with Gasteiger partial charge in [0.1, 0.15) is 0 Å². The molecule has 1 aromatic heterocycles. The van der Waals surface area contributed by atoms with Gasteiger partial charge in [-0.3, -0.25) is 4.79 Å². The lowest BCUT2D eigenvalue weighted by Crippen LogP contribution is -2.17. The zero-order chi connectivity index (χ0) is 18.1. The van der Waals surface area contributed by atoms with Crippen molar-refractivity contribution in [2.45, 2.75) is 12.8 Å². The molecule has 0 bridgehead atoms. The molecule has 6 heteroatoms. The molecule has 2 heterocycles. The van der Waals surface area contributed by atoms with E-state index in [2.05, 4.69) is 22.0 Å². The first-order valence-corrected chi connectivity index (χ1v) is 8.53. The van der Waals surface area contributed by atoms with Crippen LogP contribution in [-0.4, -0.2) is 34.0 Å². The maximum atomic E-state index is 13.8. The molecule has 0 radical (unpaired) electrons. The number of hydrogen-bond acceptors (Lipinski definition) is 4. The van der Waals surface area contributed by atoms with E-state index in [1.165, 1.54) is 30.7 Å². The lowest BCUT2D eigenvalue weighted by atomic mass is 10.1. The highest BCUT2D eigenvalue weighted by atomic mass is 19.1. The van der Waals surface area contributed by atoms with E-state index in [4.69, 9.17) is 0 Å². The summed E-state index contributed by atoms with van der Waals surface area (Å²) in [5, 5.41) is 9.53. The van der Waals surface area contributed by atoms with Gasteiger partial charge in [-0.15, -0.1) is 0 Å². The van der Waals surface area contributed by atoms with Crippen LogP contribution in [0.1, 0.15) is 23.2 Å². The minimum Gasteiger partial charge on any atom is -0.504 e. The first kappa shape index (κ1) is 16.3. The molecule has 0 saturated carbocycles. The molecule has 2 aromatic carbocycles. The van der Waals surface area contributed by atoms with Crippen LogP contribution < -0.4 is 4.90 Å². The largest absolute Gasteiger partial charge is 0.504 e. The molecule has 132 valence electrons. The van der Waals surface area contributed by atoms with E-state index in [-0.39, 0.29) is 5.56 Å². The van der Waals surface area contributed by atoms with Gasteiger partial charge in [0, 0.05) is 36.6 Å². The number of halogens is 1. The summed E-state index contributed by atoms with van der Waals surface area (Å²) in [5.41, 5.74) is 3.25. The molecular weight excluding hydrogens is 333 g/mol. The molecule has 5 nitrogen and oxygen atoms in total. The van der Waals surface area contributed by atoms with Gasteiger partial charge in [-0.2, -0.15) is 0 Å². The Hall–Kier alpha value is -3.15. The van der Waals surface area contributed by atoms with Crippen molar-refractivity contribution in [3.05, 3.63) is 60.3 Å². The van der Waals surface area contributed by atoms with Crippen LogP contribution in [0.3, 0.4) is 0 Å². The number of aldehydes is 1. The second-order valence-corrected chi connectivity index (χ2v) is 6.39. The first-order chi connectivity index (χ1) is 12.7. The molecule has 0 unspecified atom stereocenters. The van der Waals surface area contributed by atoms with Gasteiger partial charge < -0.3 is 14.6 Å². The van der Waals surface area contributed by atoms with Crippen LogP contribution in [0.15, 0.2) is 48.9 Å². The van der Waals surface area contributed by atoms with Crippen molar-refractivity contribution in [1.82, 2.24) is 9.55 Å². The molecule has 1 aliphatic heterocycles. The maximum absolute atomic E-state index is 13.8. The standard InChI is InChI=1S/C20H18FN3O2/c21-18-10-17(9-15(12-25)20(18)26)24-11-19(22-13-24)14-3-5-16(6-4-14)23-7-1-2-8-23/h3-6,9-13,26H,1-2,7-8H2. The Kier molecular flexibility index (Phi) is 4.16. The number of phenols is 1. The third kappa shape index (κ3) is 2.94. The van der Waals surface area contributed by atoms with Gasteiger partial charge in [0.05, 0.1) is 23.3 Å². The molecule has 1 N–H and O–H groups in total. The fourth-order valence-corrected chi connectivity index (χ4v) is 3.28. The van der Waals surface area contributed by atoms with Gasteiger partial charge in [0.15, 0.2) is 17.9 Å². The number of hydrogen-bond donors (Lipinski definition) is 1. The summed E-state index contributed by atoms with van der Waals surface area (Å²) in [6.45, 7) is 2.19. The quantitative estimate of drug-likeness (QED) is 0.727. The zero-order valence-electron chi connectivity index (χ0n) is 14.1. The Bertz CT molecular complexity index is 944. The second kappa shape index (κ2) is 6.63. The monoisotopic (exact) mass is 351 g/mol. The lowest BCUT2D eigenvalue weighted by molar-refractivity contribution is 0.112. The topological polar surface area (TPSA) is 58.4 Å². The number of phenolic OH excluding ortho intramolecular Hbond substituents is 1. The minimum atomic E-state index is -0.838. The van der Waals surface area contributed by atoms with E-state index in [9.17, 15) is 14.3 Å². The van der Waals surface area contributed by atoms with Crippen LogP contribution >= 0.6 is 0 Å². The number of nitrogens with zero attached hydrogens (tertiary/aromatic N) is 3. The molecule has 0 atom stereocenters. The van der Waals surface area contributed by atoms with Gasteiger partial charge in [0.2, 0.25) is 0 Å². The highest BCUT2D eigenvalue weighted by Crippen LogP contribution is 2.27. The average molecular weight is 351 g/mol. The lowest BCUT2D eigenvalue weighted by Gasteiger charge is -2.17. The molecular formula is C20H18FN3O2. The van der Waals surface area contributed by atoms with E-state index >= 15 is 0 Å². The number of aromatic nitrogens is 2. The molecule has 1 aliphatic rings. The summed E-state index contributed by atoms with van der Waals surface area (Å²) in [6, 6.07) is 10.8. The third-order valence-corrected chi connectivity index (χ3v) is 4.72. The summed E-state index contributed by atoms with van der Waals surface area (Å²) >= 11 is 0. The number of anilines is 1. The number of rotatable bonds is 4. The van der Waals surface area contributed by atoms with Crippen LogP contribution in [0.4, 0.5) is 10.1 Å². The molecule has 0 aliphatic carbocycles. The van der Waals surface area contributed by atoms with Gasteiger partial charge in [-0.1, -0.05) is 12.1 Å². The Balaban J connectivity index is 1.62. The van der Waals surface area contributed by atoms with Crippen molar-refractivity contribution in [1.29, 1.82) is 0 Å². The Morgan fingerprint density at radius 1 is 1.08 bits per heavy atom. The highest BCUT2D eigenvalue weighted by molar-refractivity contribution is 5.80. The number of imidazole rings is 1. The van der Waals surface area contributed by atoms with Gasteiger partial charge in [0.25, 0.3) is 0 Å². The normalized spacial score (nSPS) is 14.0. The van der Waals surface area contributed by atoms with Crippen molar-refractivity contribution in [2.75, 3.05) is 18.0 Å². The Labute approximate surface area is 150 Å². The molecule has 0 amide bonds. The van der Waals surface area contributed by atoms with E-state index in [1.807, 2.05) is 12.1 Å². The molecule has 4 rings (SSSR count). The number of aromatic hydroxyl groups is 1. The highest BCUT2D eigenvalue weighted by Gasteiger charge is 2.13. The van der Waals surface area contributed by atoms with Crippen LogP contribution in [0.2, 0.25) is 0 Å². The molecule has 1 saturated heterocycles. The summed E-state index contributed by atoms with van der Waals surface area (Å²) in [7, 11) is 0. The van der Waals surface area contributed by atoms with Crippen molar-refractivity contribution in [3.8, 4) is 22.7 Å². The smallest absolute Gasteiger partial charge is 0.167 e. The fraction of sp³-hybridized carbons (Fsp3) is 0.200. The number of benzene rings is 2. The van der Waals surface area contributed by atoms with E-state index in [1.54, 1.807) is 17.1 Å². The number of carbonyl (C=O) groups is 1. The fourth-order valence-electron chi connectivity index (χ4n) is 3.28. The summed E-state index contributed by atoms with van der Waals surface area (Å²) in [5.74, 6) is -1.48. The van der Waals surface area contributed by atoms with E-state index in [0.29, 0.717) is 12.0 Å². The van der Waals surface area contributed by atoms with Crippen molar-refractivity contribution in [2.24, 2.45) is 0 Å². The number of carbonyl (C=O) groups excluding carboxylic acids is 1. The SMILES string of the molecule is O=Cc1cc(-n2cnc(-c3ccc(N4CCCC4)cc3)c2)cc(F)c1O. The summed E-state index contributed by atoms with van der Waals surface area (Å²) in [4.78, 5) is 17.7. The minimum absolute atomic E-state index is 0.0924. The third-order valence-electron chi connectivity index (χ3n) is 4.72. The summed E-state index contributed by atoms with van der Waals surface area (Å²) in [6.07, 6.45) is 6.22. The predicted molar refractivity (Wildman–Crippen MR) is 97.5 cm³/mol. The molecule has 26 heavy (non-hydrogen) atoms. The van der Waals surface area contributed by atoms with Crippen LogP contribution in [0.25, 0.3) is 16.9 Å². The Morgan fingerprint density at radius 3 is 2.50 bits per heavy atom. The average Bonchev–Trinajstić information content (AvgIpc) is 3.36. The van der Waals surface area contributed by atoms with Crippen molar-refractivity contribution < 1.29 is 14.3 Å². The van der Waals surface area contributed by atoms with Crippen LogP contribution in [0.5, 0.6) is 5.75 Å². The molecule has 0 spiro atoms.